The van der Waals surface area contributed by atoms with E-state index < -0.39 is 0 Å². The molecule has 0 aliphatic carbocycles. The summed E-state index contributed by atoms with van der Waals surface area (Å²) in [5.74, 6) is 5.62. The van der Waals surface area contributed by atoms with Crippen LogP contribution in [0.4, 0.5) is 0 Å². The molecule has 16 heavy (non-hydrogen) atoms. The molecule has 3 heteroatoms. The highest BCUT2D eigenvalue weighted by atomic mass is 16.5. The third-order valence-electron chi connectivity index (χ3n) is 3.25. The van der Waals surface area contributed by atoms with Crippen LogP contribution >= 0.6 is 0 Å². The lowest BCUT2D eigenvalue weighted by Crippen LogP contribution is -2.44. The molecule has 0 radical (unpaired) electrons. The van der Waals surface area contributed by atoms with Crippen molar-refractivity contribution >= 4 is 0 Å². The van der Waals surface area contributed by atoms with Gasteiger partial charge >= 0.3 is 0 Å². The molecule has 3 nitrogen and oxygen atoms in total. The fourth-order valence-electron chi connectivity index (χ4n) is 1.76. The van der Waals surface area contributed by atoms with E-state index in [1.54, 1.807) is 7.11 Å². The van der Waals surface area contributed by atoms with E-state index in [2.05, 4.69) is 37.5 Å². The number of methoxy groups -OCH3 is 1. The van der Waals surface area contributed by atoms with Crippen LogP contribution in [0.15, 0.2) is 18.2 Å². The van der Waals surface area contributed by atoms with Crippen LogP contribution in [-0.4, -0.2) is 12.7 Å². The Morgan fingerprint density at radius 3 is 2.31 bits per heavy atom. The summed E-state index contributed by atoms with van der Waals surface area (Å²) in [6, 6.07) is 6.34. The normalized spacial score (nSPS) is 13.9. The predicted molar refractivity (Wildman–Crippen MR) is 67.1 cm³/mol. The summed E-state index contributed by atoms with van der Waals surface area (Å²) < 4.78 is 5.47. The summed E-state index contributed by atoms with van der Waals surface area (Å²) in [6.07, 6.45) is 0. The lowest BCUT2D eigenvalue weighted by atomic mass is 9.90. The average molecular weight is 222 g/mol. The topological polar surface area (TPSA) is 47.3 Å². The van der Waals surface area contributed by atoms with Gasteiger partial charge in [-0.15, -0.1) is 0 Å². The van der Waals surface area contributed by atoms with Crippen molar-refractivity contribution in [2.75, 3.05) is 7.11 Å². The summed E-state index contributed by atoms with van der Waals surface area (Å²) in [7, 11) is 1.70. The maximum absolute atomic E-state index is 5.62. The zero-order valence-corrected chi connectivity index (χ0v) is 10.8. The van der Waals surface area contributed by atoms with Gasteiger partial charge in [0, 0.05) is 7.11 Å². The number of nitrogens with one attached hydrogen (secondary N) is 1. The van der Waals surface area contributed by atoms with Crippen molar-refractivity contribution in [2.45, 2.75) is 39.3 Å². The van der Waals surface area contributed by atoms with Crippen LogP contribution in [0.5, 0.6) is 0 Å². The van der Waals surface area contributed by atoms with Crippen molar-refractivity contribution in [1.29, 1.82) is 0 Å². The van der Waals surface area contributed by atoms with Gasteiger partial charge in [-0.25, -0.2) is 0 Å². The molecule has 1 aromatic rings. The first-order chi connectivity index (χ1) is 7.42. The van der Waals surface area contributed by atoms with Crippen LogP contribution in [-0.2, 0) is 4.74 Å². The molecule has 3 N–H and O–H groups in total. The fraction of sp³-hybridized carbons (Fsp3) is 0.538. The Labute approximate surface area is 98.0 Å². The van der Waals surface area contributed by atoms with Gasteiger partial charge in [0.25, 0.3) is 0 Å². The summed E-state index contributed by atoms with van der Waals surface area (Å²) in [5, 5.41) is 0. The summed E-state index contributed by atoms with van der Waals surface area (Å²) in [6.45, 7) is 8.25. The van der Waals surface area contributed by atoms with Crippen LogP contribution in [0.25, 0.3) is 0 Å². The first-order valence-corrected chi connectivity index (χ1v) is 5.51. The van der Waals surface area contributed by atoms with Crippen molar-refractivity contribution in [2.24, 2.45) is 5.84 Å². The fourth-order valence-corrected chi connectivity index (χ4v) is 1.76. The van der Waals surface area contributed by atoms with Gasteiger partial charge < -0.3 is 4.74 Å². The van der Waals surface area contributed by atoms with E-state index in [1.807, 2.05) is 13.8 Å². The van der Waals surface area contributed by atoms with E-state index in [0.29, 0.717) is 0 Å². The van der Waals surface area contributed by atoms with E-state index in [1.165, 1.54) is 11.1 Å². The number of nitrogens with two attached hydrogens (primary N) is 1. The zero-order valence-electron chi connectivity index (χ0n) is 10.8. The van der Waals surface area contributed by atoms with Crippen LogP contribution in [0.3, 0.4) is 0 Å². The molecule has 0 heterocycles. The number of hydrogen-bond acceptors (Lipinski definition) is 3. The lowest BCUT2D eigenvalue weighted by Gasteiger charge is -2.33. The molecule has 0 saturated heterocycles. The molecule has 0 aromatic heterocycles. The SMILES string of the molecule is COC(C)(C)C(NN)c1ccc(C)c(C)c1. The van der Waals surface area contributed by atoms with Gasteiger partial charge in [-0.2, -0.15) is 0 Å². The second-order valence-electron chi connectivity index (χ2n) is 4.75. The Bertz CT molecular complexity index is 361. The van der Waals surface area contributed by atoms with Gasteiger partial charge in [0.05, 0.1) is 11.6 Å². The Balaban J connectivity index is 3.09. The van der Waals surface area contributed by atoms with Crippen LogP contribution in [0.1, 0.15) is 36.6 Å². The molecular formula is C13H22N2O. The first kappa shape index (κ1) is 13.2. The van der Waals surface area contributed by atoms with Crippen LogP contribution in [0.2, 0.25) is 0 Å². The number of ether oxygens (including phenoxy) is 1. The molecule has 90 valence electrons. The highest BCUT2D eigenvalue weighted by Gasteiger charge is 2.29. The minimum atomic E-state index is -0.337. The van der Waals surface area contributed by atoms with Gasteiger partial charge in [-0.3, -0.25) is 11.3 Å². The van der Waals surface area contributed by atoms with Crippen molar-refractivity contribution in [3.05, 3.63) is 34.9 Å². The lowest BCUT2D eigenvalue weighted by molar-refractivity contribution is -0.0111. The van der Waals surface area contributed by atoms with E-state index in [-0.39, 0.29) is 11.6 Å². The standard InChI is InChI=1S/C13H22N2O/c1-9-6-7-11(8-10(9)2)12(15-14)13(3,4)16-5/h6-8,12,15H,14H2,1-5H3. The van der Waals surface area contributed by atoms with Crippen LogP contribution < -0.4 is 11.3 Å². The Morgan fingerprint density at radius 2 is 1.88 bits per heavy atom. The largest absolute Gasteiger partial charge is 0.377 e. The maximum Gasteiger partial charge on any atom is 0.0829 e. The third-order valence-corrected chi connectivity index (χ3v) is 3.25. The molecule has 0 fully saturated rings. The predicted octanol–water partition coefficient (Wildman–Crippen LogP) is 2.23. The minimum Gasteiger partial charge on any atom is -0.377 e. The van der Waals surface area contributed by atoms with Gasteiger partial charge in [0.2, 0.25) is 0 Å². The quantitative estimate of drug-likeness (QED) is 0.606. The molecule has 1 atom stereocenters. The molecular weight excluding hydrogens is 200 g/mol. The Kier molecular flexibility index (Phi) is 4.08. The van der Waals surface area contributed by atoms with Gasteiger partial charge in [-0.1, -0.05) is 18.2 Å². The summed E-state index contributed by atoms with van der Waals surface area (Å²) in [4.78, 5) is 0. The second kappa shape index (κ2) is 4.95. The monoisotopic (exact) mass is 222 g/mol. The molecule has 0 saturated carbocycles. The molecule has 0 spiro atoms. The van der Waals surface area contributed by atoms with E-state index in [9.17, 15) is 0 Å². The number of hydrazine groups is 1. The molecule has 0 bridgehead atoms. The molecule has 0 amide bonds. The summed E-state index contributed by atoms with van der Waals surface area (Å²) in [5.41, 5.74) is 6.20. The van der Waals surface area contributed by atoms with Gasteiger partial charge in [0.15, 0.2) is 0 Å². The van der Waals surface area contributed by atoms with E-state index in [0.717, 1.165) is 5.56 Å². The number of rotatable bonds is 4. The van der Waals surface area contributed by atoms with E-state index in [4.69, 9.17) is 10.6 Å². The van der Waals surface area contributed by atoms with Crippen LogP contribution in [0, 0.1) is 13.8 Å². The molecule has 1 rings (SSSR count). The smallest absolute Gasteiger partial charge is 0.0829 e. The number of benzene rings is 1. The Morgan fingerprint density at radius 1 is 1.25 bits per heavy atom. The molecule has 1 unspecified atom stereocenters. The van der Waals surface area contributed by atoms with Gasteiger partial charge in [0.1, 0.15) is 0 Å². The summed E-state index contributed by atoms with van der Waals surface area (Å²) >= 11 is 0. The minimum absolute atomic E-state index is 0.0169. The third kappa shape index (κ3) is 2.61. The average Bonchev–Trinajstić information content (AvgIpc) is 2.24. The number of hydrogen-bond donors (Lipinski definition) is 2. The van der Waals surface area contributed by atoms with Crippen molar-refractivity contribution in [3.63, 3.8) is 0 Å². The van der Waals surface area contributed by atoms with Crippen molar-refractivity contribution in [1.82, 2.24) is 5.43 Å². The molecule has 1 aromatic carbocycles. The highest BCUT2D eigenvalue weighted by Crippen LogP contribution is 2.28. The highest BCUT2D eigenvalue weighted by molar-refractivity contribution is 5.32. The second-order valence-corrected chi connectivity index (χ2v) is 4.75. The van der Waals surface area contributed by atoms with E-state index >= 15 is 0 Å². The van der Waals surface area contributed by atoms with Crippen molar-refractivity contribution < 1.29 is 4.74 Å². The van der Waals surface area contributed by atoms with Crippen molar-refractivity contribution in [3.8, 4) is 0 Å². The first-order valence-electron chi connectivity index (χ1n) is 5.51. The number of aryl methyl sites for hydroxylation is 2. The van der Waals surface area contributed by atoms with Gasteiger partial charge in [-0.05, 0) is 44.4 Å². The zero-order chi connectivity index (χ0) is 12.3. The molecule has 0 aliphatic heterocycles. The molecule has 0 aliphatic rings. The maximum atomic E-state index is 5.62. The Hall–Kier alpha value is -0.900.